The standard InChI is InChI=1S/C15H20FNO4/c1-3-9-17(11-15(19)20-2)14(18)8-10-21-13-7-5-4-6-12(13)16/h4-7H,3,8-11H2,1-2H3. The van der Waals surface area contributed by atoms with Crippen molar-refractivity contribution in [3.63, 3.8) is 0 Å². The topological polar surface area (TPSA) is 55.8 Å². The van der Waals surface area contributed by atoms with Gasteiger partial charge >= 0.3 is 5.97 Å². The van der Waals surface area contributed by atoms with Gasteiger partial charge in [-0.3, -0.25) is 9.59 Å². The number of ether oxygens (including phenoxy) is 2. The first-order valence-corrected chi connectivity index (χ1v) is 6.80. The first-order chi connectivity index (χ1) is 10.1. The molecule has 1 aromatic rings. The highest BCUT2D eigenvalue weighted by atomic mass is 19.1. The molecule has 116 valence electrons. The van der Waals surface area contributed by atoms with Crippen molar-refractivity contribution in [2.75, 3.05) is 26.8 Å². The van der Waals surface area contributed by atoms with E-state index in [2.05, 4.69) is 4.74 Å². The average Bonchev–Trinajstić information content (AvgIpc) is 2.48. The fourth-order valence-corrected chi connectivity index (χ4v) is 1.75. The maximum Gasteiger partial charge on any atom is 0.325 e. The van der Waals surface area contributed by atoms with Crippen LogP contribution in [0.2, 0.25) is 0 Å². The third-order valence-electron chi connectivity index (χ3n) is 2.80. The molecule has 0 fully saturated rings. The molecule has 0 saturated heterocycles. The first kappa shape index (κ1) is 16.9. The molecule has 0 spiro atoms. The number of benzene rings is 1. The molecule has 0 aromatic heterocycles. The third kappa shape index (κ3) is 5.81. The fraction of sp³-hybridized carbons (Fsp3) is 0.467. The summed E-state index contributed by atoms with van der Waals surface area (Å²) in [6.45, 7) is 2.35. The lowest BCUT2D eigenvalue weighted by Gasteiger charge is -2.20. The fourth-order valence-electron chi connectivity index (χ4n) is 1.75. The van der Waals surface area contributed by atoms with E-state index >= 15 is 0 Å². The molecule has 0 aliphatic heterocycles. The molecule has 0 saturated carbocycles. The van der Waals surface area contributed by atoms with Gasteiger partial charge in [0.2, 0.25) is 5.91 Å². The quantitative estimate of drug-likeness (QED) is 0.689. The van der Waals surface area contributed by atoms with Gasteiger partial charge in [0.15, 0.2) is 11.6 Å². The summed E-state index contributed by atoms with van der Waals surface area (Å²) in [4.78, 5) is 24.7. The van der Waals surface area contributed by atoms with Gasteiger partial charge in [0, 0.05) is 6.54 Å². The molecular weight excluding hydrogens is 277 g/mol. The first-order valence-electron chi connectivity index (χ1n) is 6.80. The number of amides is 1. The van der Waals surface area contributed by atoms with E-state index in [0.29, 0.717) is 6.54 Å². The van der Waals surface area contributed by atoms with E-state index in [9.17, 15) is 14.0 Å². The Labute approximate surface area is 123 Å². The summed E-state index contributed by atoms with van der Waals surface area (Å²) in [7, 11) is 1.28. The van der Waals surface area contributed by atoms with Crippen molar-refractivity contribution in [2.45, 2.75) is 19.8 Å². The minimum Gasteiger partial charge on any atom is -0.490 e. The number of methoxy groups -OCH3 is 1. The number of carbonyl (C=O) groups excluding carboxylic acids is 2. The lowest BCUT2D eigenvalue weighted by atomic mass is 10.3. The summed E-state index contributed by atoms with van der Waals surface area (Å²) in [6, 6.07) is 6.00. The number of esters is 1. The Morgan fingerprint density at radius 1 is 1.29 bits per heavy atom. The number of hydrogen-bond acceptors (Lipinski definition) is 4. The second kappa shape index (κ2) is 8.94. The van der Waals surface area contributed by atoms with E-state index in [1.807, 2.05) is 6.92 Å². The Morgan fingerprint density at radius 2 is 2.00 bits per heavy atom. The highest BCUT2D eigenvalue weighted by Gasteiger charge is 2.16. The second-order valence-corrected chi connectivity index (χ2v) is 4.42. The summed E-state index contributed by atoms with van der Waals surface area (Å²) >= 11 is 0. The number of hydrogen-bond donors (Lipinski definition) is 0. The van der Waals surface area contributed by atoms with Crippen molar-refractivity contribution >= 4 is 11.9 Å². The molecule has 0 aliphatic carbocycles. The van der Waals surface area contributed by atoms with Crippen LogP contribution in [0.15, 0.2) is 24.3 Å². The second-order valence-electron chi connectivity index (χ2n) is 4.42. The van der Waals surface area contributed by atoms with Gasteiger partial charge in [0.25, 0.3) is 0 Å². The predicted octanol–water partition coefficient (Wildman–Crippen LogP) is 2.01. The average molecular weight is 297 g/mol. The van der Waals surface area contributed by atoms with E-state index in [1.54, 1.807) is 12.1 Å². The number of carbonyl (C=O) groups is 2. The maximum absolute atomic E-state index is 13.3. The van der Waals surface area contributed by atoms with Crippen LogP contribution in [0.4, 0.5) is 4.39 Å². The van der Waals surface area contributed by atoms with Crippen LogP contribution in [-0.2, 0) is 14.3 Å². The zero-order chi connectivity index (χ0) is 15.7. The van der Waals surface area contributed by atoms with Crippen LogP contribution in [0.5, 0.6) is 5.75 Å². The van der Waals surface area contributed by atoms with Gasteiger partial charge in [-0.2, -0.15) is 0 Å². The van der Waals surface area contributed by atoms with E-state index in [0.717, 1.165) is 6.42 Å². The molecule has 6 heteroatoms. The van der Waals surface area contributed by atoms with Gasteiger partial charge in [-0.15, -0.1) is 0 Å². The van der Waals surface area contributed by atoms with Crippen molar-refractivity contribution in [3.05, 3.63) is 30.1 Å². The lowest BCUT2D eigenvalue weighted by molar-refractivity contribution is -0.147. The Kier molecular flexibility index (Phi) is 7.21. The smallest absolute Gasteiger partial charge is 0.325 e. The Morgan fingerprint density at radius 3 is 2.62 bits per heavy atom. The predicted molar refractivity (Wildman–Crippen MR) is 75.4 cm³/mol. The van der Waals surface area contributed by atoms with Crippen LogP contribution in [0.3, 0.4) is 0 Å². The van der Waals surface area contributed by atoms with Gasteiger partial charge in [0.1, 0.15) is 6.54 Å². The third-order valence-corrected chi connectivity index (χ3v) is 2.80. The zero-order valence-corrected chi connectivity index (χ0v) is 12.3. The highest BCUT2D eigenvalue weighted by Crippen LogP contribution is 2.15. The molecule has 1 amide bonds. The van der Waals surface area contributed by atoms with E-state index < -0.39 is 11.8 Å². The SMILES string of the molecule is CCCN(CC(=O)OC)C(=O)CCOc1ccccc1F. The normalized spacial score (nSPS) is 10.0. The number of para-hydroxylation sites is 1. The Bertz CT molecular complexity index is 478. The van der Waals surface area contributed by atoms with E-state index in [1.165, 1.54) is 24.1 Å². The minimum absolute atomic E-state index is 0.0567. The van der Waals surface area contributed by atoms with E-state index in [4.69, 9.17) is 4.74 Å². The molecule has 0 heterocycles. The van der Waals surface area contributed by atoms with Gasteiger partial charge in [-0.05, 0) is 18.6 Å². The highest BCUT2D eigenvalue weighted by molar-refractivity contribution is 5.82. The van der Waals surface area contributed by atoms with Gasteiger partial charge < -0.3 is 14.4 Å². The molecule has 0 atom stereocenters. The summed E-state index contributed by atoms with van der Waals surface area (Å²) in [6.07, 6.45) is 0.808. The van der Waals surface area contributed by atoms with Crippen molar-refractivity contribution in [2.24, 2.45) is 0 Å². The molecule has 21 heavy (non-hydrogen) atoms. The molecular formula is C15H20FNO4. The van der Waals surface area contributed by atoms with Crippen molar-refractivity contribution in [3.8, 4) is 5.75 Å². The summed E-state index contributed by atoms with van der Waals surface area (Å²) in [5.41, 5.74) is 0. The van der Waals surface area contributed by atoms with E-state index in [-0.39, 0.29) is 31.2 Å². The van der Waals surface area contributed by atoms with Crippen LogP contribution in [0.1, 0.15) is 19.8 Å². The van der Waals surface area contributed by atoms with Crippen LogP contribution in [0.25, 0.3) is 0 Å². The van der Waals surface area contributed by atoms with Gasteiger partial charge in [0.05, 0.1) is 20.1 Å². The largest absolute Gasteiger partial charge is 0.490 e. The lowest BCUT2D eigenvalue weighted by Crippen LogP contribution is -2.37. The Balaban J connectivity index is 2.46. The molecule has 5 nitrogen and oxygen atoms in total. The molecule has 1 rings (SSSR count). The molecule has 1 aromatic carbocycles. The van der Waals surface area contributed by atoms with Crippen molar-refractivity contribution in [1.82, 2.24) is 4.90 Å². The summed E-state index contributed by atoms with van der Waals surface area (Å²) in [5, 5.41) is 0. The van der Waals surface area contributed by atoms with Gasteiger partial charge in [-0.25, -0.2) is 4.39 Å². The maximum atomic E-state index is 13.3. The Hall–Kier alpha value is -2.11. The van der Waals surface area contributed by atoms with Crippen LogP contribution in [-0.4, -0.2) is 43.6 Å². The zero-order valence-electron chi connectivity index (χ0n) is 12.3. The van der Waals surface area contributed by atoms with Crippen LogP contribution >= 0.6 is 0 Å². The number of halogens is 1. The number of nitrogens with zero attached hydrogens (tertiary/aromatic N) is 1. The summed E-state index contributed by atoms with van der Waals surface area (Å²) < 4.78 is 23.1. The van der Waals surface area contributed by atoms with Crippen molar-refractivity contribution in [1.29, 1.82) is 0 Å². The molecule has 0 aliphatic rings. The number of rotatable bonds is 8. The van der Waals surface area contributed by atoms with Gasteiger partial charge in [-0.1, -0.05) is 19.1 Å². The van der Waals surface area contributed by atoms with Crippen LogP contribution < -0.4 is 4.74 Å². The van der Waals surface area contributed by atoms with Crippen LogP contribution in [0, 0.1) is 5.82 Å². The molecule has 0 unspecified atom stereocenters. The molecule has 0 radical (unpaired) electrons. The monoisotopic (exact) mass is 297 g/mol. The summed E-state index contributed by atoms with van der Waals surface area (Å²) in [5.74, 6) is -1.05. The molecule has 0 bridgehead atoms. The minimum atomic E-state index is -0.468. The molecule has 0 N–H and O–H groups in total. The van der Waals surface area contributed by atoms with Crippen molar-refractivity contribution < 1.29 is 23.5 Å².